The highest BCUT2D eigenvalue weighted by atomic mass is 16.5. The first-order chi connectivity index (χ1) is 12.0. The Morgan fingerprint density at radius 2 is 1.88 bits per heavy atom. The van der Waals surface area contributed by atoms with E-state index in [9.17, 15) is 14.4 Å². The van der Waals surface area contributed by atoms with Crippen LogP contribution in [-0.4, -0.2) is 44.3 Å². The fourth-order valence-electron chi connectivity index (χ4n) is 2.42. The van der Waals surface area contributed by atoms with Crippen molar-refractivity contribution in [3.05, 3.63) is 41.1 Å². The van der Waals surface area contributed by atoms with Gasteiger partial charge in [-0.2, -0.15) is 0 Å². The highest BCUT2D eigenvalue weighted by Crippen LogP contribution is 2.19. The first-order valence-corrected chi connectivity index (χ1v) is 7.75. The zero-order valence-corrected chi connectivity index (χ0v) is 14.3. The molecule has 2 rings (SSSR count). The predicted molar refractivity (Wildman–Crippen MR) is 88.1 cm³/mol. The Bertz CT molecular complexity index is 713. The van der Waals surface area contributed by atoms with Gasteiger partial charge in [-0.1, -0.05) is 12.1 Å². The largest absolute Gasteiger partial charge is 0.496 e. The molecule has 1 heterocycles. The van der Waals surface area contributed by atoms with Gasteiger partial charge in [0.2, 0.25) is 0 Å². The van der Waals surface area contributed by atoms with Crippen molar-refractivity contribution in [3.63, 3.8) is 0 Å². The van der Waals surface area contributed by atoms with Gasteiger partial charge in [-0.05, 0) is 26.0 Å². The van der Waals surface area contributed by atoms with E-state index in [2.05, 4.69) is 10.6 Å². The van der Waals surface area contributed by atoms with Crippen LogP contribution in [0.1, 0.15) is 24.2 Å². The highest BCUT2D eigenvalue weighted by Gasteiger charge is 2.30. The molecule has 0 aliphatic carbocycles. The minimum absolute atomic E-state index is 0.192. The van der Waals surface area contributed by atoms with Crippen LogP contribution in [0.3, 0.4) is 0 Å². The maximum Gasteiger partial charge on any atom is 0.342 e. The van der Waals surface area contributed by atoms with Crippen molar-refractivity contribution < 1.29 is 28.6 Å². The van der Waals surface area contributed by atoms with Crippen molar-refractivity contribution in [1.29, 1.82) is 0 Å². The average Bonchev–Trinajstić information content (AvgIpc) is 2.59. The fraction of sp³-hybridized carbons (Fsp3) is 0.353. The molecule has 0 bridgehead atoms. The van der Waals surface area contributed by atoms with Gasteiger partial charge in [-0.15, -0.1) is 0 Å². The Hall–Kier alpha value is -3.03. The second-order valence-corrected chi connectivity index (χ2v) is 5.21. The number of benzene rings is 1. The molecule has 1 atom stereocenters. The van der Waals surface area contributed by atoms with E-state index in [1.54, 1.807) is 38.1 Å². The quantitative estimate of drug-likeness (QED) is 0.753. The van der Waals surface area contributed by atoms with Gasteiger partial charge in [-0.25, -0.2) is 14.4 Å². The number of carbonyl (C=O) groups is 3. The Balaban J connectivity index is 2.20. The van der Waals surface area contributed by atoms with E-state index >= 15 is 0 Å². The van der Waals surface area contributed by atoms with Gasteiger partial charge in [0.1, 0.15) is 17.9 Å². The van der Waals surface area contributed by atoms with Gasteiger partial charge in [0.25, 0.3) is 0 Å². The third-order valence-corrected chi connectivity index (χ3v) is 3.54. The summed E-state index contributed by atoms with van der Waals surface area (Å²) in [6.07, 6.45) is 0. The number of nitrogens with one attached hydrogen (secondary N) is 2. The van der Waals surface area contributed by atoms with E-state index in [4.69, 9.17) is 14.2 Å². The van der Waals surface area contributed by atoms with Crippen molar-refractivity contribution in [2.75, 3.05) is 20.3 Å². The lowest BCUT2D eigenvalue weighted by atomic mass is 10.0. The number of methoxy groups -OCH3 is 1. The van der Waals surface area contributed by atoms with E-state index in [-0.39, 0.29) is 30.0 Å². The van der Waals surface area contributed by atoms with Crippen molar-refractivity contribution >= 4 is 18.0 Å². The molecule has 25 heavy (non-hydrogen) atoms. The molecule has 1 aliphatic heterocycles. The van der Waals surface area contributed by atoms with Crippen LogP contribution >= 0.6 is 0 Å². The predicted octanol–water partition coefficient (Wildman–Crippen LogP) is 1.37. The molecule has 8 nitrogen and oxygen atoms in total. The first-order valence-electron chi connectivity index (χ1n) is 7.75. The van der Waals surface area contributed by atoms with Gasteiger partial charge in [-0.3, -0.25) is 0 Å². The average molecular weight is 348 g/mol. The molecule has 2 N–H and O–H groups in total. The molecule has 1 aliphatic rings. The zero-order chi connectivity index (χ0) is 18.4. The molecule has 134 valence electrons. The topological polar surface area (TPSA) is 103 Å². The standard InChI is InChI=1S/C17H20N2O6/c1-4-24-16(21)14-10(2)18-17(22)19-12(14)9-25-15(20)11-7-5-6-8-13(11)23-3/h5-8,10H,4,9H2,1-3H3,(H2,18,19,22)/t10-/m1/s1. The fourth-order valence-corrected chi connectivity index (χ4v) is 2.42. The molecule has 0 unspecified atom stereocenters. The smallest absolute Gasteiger partial charge is 0.342 e. The van der Waals surface area contributed by atoms with Crippen LogP contribution in [0.15, 0.2) is 35.5 Å². The zero-order valence-electron chi connectivity index (χ0n) is 14.3. The van der Waals surface area contributed by atoms with Crippen LogP contribution in [0.5, 0.6) is 5.75 Å². The minimum Gasteiger partial charge on any atom is -0.496 e. The van der Waals surface area contributed by atoms with Crippen molar-refractivity contribution in [2.45, 2.75) is 19.9 Å². The van der Waals surface area contributed by atoms with Crippen LogP contribution < -0.4 is 15.4 Å². The second kappa shape index (κ2) is 8.18. The normalized spacial score (nSPS) is 16.6. The Kier molecular flexibility index (Phi) is 5.99. The van der Waals surface area contributed by atoms with Gasteiger partial charge in [0, 0.05) is 0 Å². The number of rotatable bonds is 6. The molecular weight excluding hydrogens is 328 g/mol. The summed E-state index contributed by atoms with van der Waals surface area (Å²) < 4.78 is 15.4. The van der Waals surface area contributed by atoms with Gasteiger partial charge >= 0.3 is 18.0 Å². The maximum absolute atomic E-state index is 12.3. The number of carbonyl (C=O) groups excluding carboxylic acids is 3. The molecule has 0 radical (unpaired) electrons. The number of hydrogen-bond donors (Lipinski definition) is 2. The SMILES string of the molecule is CCOC(=O)C1=C(COC(=O)c2ccccc2OC)NC(=O)N[C@@H]1C. The summed E-state index contributed by atoms with van der Waals surface area (Å²) in [6.45, 7) is 3.24. The third-order valence-electron chi connectivity index (χ3n) is 3.54. The monoisotopic (exact) mass is 348 g/mol. The maximum atomic E-state index is 12.3. The first kappa shape index (κ1) is 18.3. The lowest BCUT2D eigenvalue weighted by molar-refractivity contribution is -0.139. The van der Waals surface area contributed by atoms with Crippen molar-refractivity contribution in [2.24, 2.45) is 0 Å². The number of para-hydroxylation sites is 1. The molecule has 0 aromatic heterocycles. The second-order valence-electron chi connectivity index (χ2n) is 5.21. The summed E-state index contributed by atoms with van der Waals surface area (Å²) >= 11 is 0. The molecule has 1 aromatic rings. The molecular formula is C17H20N2O6. The number of urea groups is 1. The lowest BCUT2D eigenvalue weighted by Gasteiger charge is -2.26. The lowest BCUT2D eigenvalue weighted by Crippen LogP contribution is -2.50. The van der Waals surface area contributed by atoms with Crippen LogP contribution in [0.25, 0.3) is 0 Å². The summed E-state index contributed by atoms with van der Waals surface area (Å²) in [7, 11) is 1.45. The Morgan fingerprint density at radius 1 is 1.16 bits per heavy atom. The molecule has 1 aromatic carbocycles. The molecule has 0 spiro atoms. The molecule has 0 fully saturated rings. The number of amides is 2. The third kappa shape index (κ3) is 4.28. The van der Waals surface area contributed by atoms with E-state index in [1.807, 2.05) is 0 Å². The number of hydrogen-bond acceptors (Lipinski definition) is 6. The summed E-state index contributed by atoms with van der Waals surface area (Å²) in [6, 6.07) is 5.55. The number of esters is 2. The minimum atomic E-state index is -0.631. The highest BCUT2D eigenvalue weighted by molar-refractivity contribution is 5.95. The summed E-state index contributed by atoms with van der Waals surface area (Å²) in [5, 5.41) is 5.06. The van der Waals surface area contributed by atoms with Gasteiger partial charge in [0.05, 0.1) is 31.0 Å². The van der Waals surface area contributed by atoms with E-state index in [0.29, 0.717) is 5.75 Å². The van der Waals surface area contributed by atoms with E-state index in [0.717, 1.165) is 0 Å². The molecule has 8 heteroatoms. The van der Waals surface area contributed by atoms with Crippen LogP contribution in [-0.2, 0) is 14.3 Å². The van der Waals surface area contributed by atoms with Crippen LogP contribution in [0.2, 0.25) is 0 Å². The Morgan fingerprint density at radius 3 is 2.56 bits per heavy atom. The van der Waals surface area contributed by atoms with Gasteiger partial charge in [0.15, 0.2) is 0 Å². The number of ether oxygens (including phenoxy) is 3. The van der Waals surface area contributed by atoms with E-state index in [1.165, 1.54) is 7.11 Å². The summed E-state index contributed by atoms with van der Waals surface area (Å²) in [5.41, 5.74) is 0.656. The van der Waals surface area contributed by atoms with Crippen LogP contribution in [0.4, 0.5) is 4.79 Å². The summed E-state index contributed by atoms with van der Waals surface area (Å²) in [5.74, 6) is -0.839. The molecule has 0 saturated carbocycles. The van der Waals surface area contributed by atoms with Crippen molar-refractivity contribution in [3.8, 4) is 5.75 Å². The molecule has 2 amide bonds. The van der Waals surface area contributed by atoms with Crippen molar-refractivity contribution in [1.82, 2.24) is 10.6 Å². The van der Waals surface area contributed by atoms with Gasteiger partial charge < -0.3 is 24.8 Å². The van der Waals surface area contributed by atoms with E-state index < -0.39 is 24.0 Å². The Labute approximate surface area is 145 Å². The summed E-state index contributed by atoms with van der Waals surface area (Å²) in [4.78, 5) is 36.0. The molecule has 0 saturated heterocycles. The van der Waals surface area contributed by atoms with Crippen LogP contribution in [0, 0.1) is 0 Å².